The average Bonchev–Trinajstić information content (AvgIpc) is 3.09. The molecule has 0 radical (unpaired) electrons. The van der Waals surface area contributed by atoms with Crippen molar-refractivity contribution in [3.63, 3.8) is 0 Å². The molecule has 1 aromatic heterocycles. The van der Waals surface area contributed by atoms with Gasteiger partial charge in [0.2, 0.25) is 0 Å². The summed E-state index contributed by atoms with van der Waals surface area (Å²) in [6, 6.07) is 15.6. The molecule has 0 unspecified atom stereocenters. The second-order valence-electron chi connectivity index (χ2n) is 4.71. The van der Waals surface area contributed by atoms with Gasteiger partial charge in [0.1, 0.15) is 11.5 Å². The monoisotopic (exact) mass is 328 g/mol. The zero-order chi connectivity index (χ0) is 16.1. The van der Waals surface area contributed by atoms with Crippen molar-refractivity contribution in [2.24, 2.45) is 0 Å². The minimum absolute atomic E-state index is 0.413. The molecule has 0 aliphatic heterocycles. The maximum atomic E-state index is 5.74. The SMILES string of the molecule is COc1ccc(OC)c(-c2nnc(SCc3ccccc3)o2)c1. The predicted octanol–water partition coefficient (Wildman–Crippen LogP) is 4.05. The van der Waals surface area contributed by atoms with Gasteiger partial charge < -0.3 is 13.9 Å². The van der Waals surface area contributed by atoms with Crippen molar-refractivity contribution in [1.29, 1.82) is 0 Å². The number of benzene rings is 2. The third-order valence-corrected chi connectivity index (χ3v) is 4.14. The van der Waals surface area contributed by atoms with E-state index in [-0.39, 0.29) is 0 Å². The van der Waals surface area contributed by atoms with E-state index in [4.69, 9.17) is 13.9 Å². The Morgan fingerprint density at radius 2 is 1.83 bits per heavy atom. The van der Waals surface area contributed by atoms with Crippen LogP contribution in [0.15, 0.2) is 58.2 Å². The van der Waals surface area contributed by atoms with E-state index >= 15 is 0 Å². The number of hydrogen-bond donors (Lipinski definition) is 0. The molecular formula is C17H16N2O3S. The van der Waals surface area contributed by atoms with E-state index in [0.717, 1.165) is 5.75 Å². The number of nitrogens with zero attached hydrogens (tertiary/aromatic N) is 2. The Morgan fingerprint density at radius 3 is 2.57 bits per heavy atom. The second-order valence-corrected chi connectivity index (χ2v) is 5.64. The van der Waals surface area contributed by atoms with Crippen LogP contribution in [0.25, 0.3) is 11.5 Å². The van der Waals surface area contributed by atoms with Gasteiger partial charge >= 0.3 is 0 Å². The Bertz CT molecular complexity index is 775. The molecule has 5 nitrogen and oxygen atoms in total. The molecule has 2 aromatic carbocycles. The van der Waals surface area contributed by atoms with Crippen molar-refractivity contribution < 1.29 is 13.9 Å². The zero-order valence-corrected chi connectivity index (χ0v) is 13.7. The van der Waals surface area contributed by atoms with E-state index in [0.29, 0.717) is 28.2 Å². The van der Waals surface area contributed by atoms with Crippen LogP contribution in [0.3, 0.4) is 0 Å². The Balaban J connectivity index is 1.79. The van der Waals surface area contributed by atoms with E-state index in [1.807, 2.05) is 36.4 Å². The number of ether oxygens (including phenoxy) is 2. The second kappa shape index (κ2) is 7.19. The lowest BCUT2D eigenvalue weighted by atomic mass is 10.2. The fraction of sp³-hybridized carbons (Fsp3) is 0.176. The molecule has 6 heteroatoms. The Hall–Kier alpha value is -2.47. The van der Waals surface area contributed by atoms with E-state index in [1.54, 1.807) is 14.2 Å². The highest BCUT2D eigenvalue weighted by atomic mass is 32.2. The van der Waals surface area contributed by atoms with Crippen LogP contribution in [0, 0.1) is 0 Å². The molecule has 3 aromatic rings. The summed E-state index contributed by atoms with van der Waals surface area (Å²) in [6.45, 7) is 0. The van der Waals surface area contributed by atoms with Gasteiger partial charge in [0.15, 0.2) is 0 Å². The van der Waals surface area contributed by atoms with Crippen molar-refractivity contribution in [2.75, 3.05) is 14.2 Å². The molecule has 0 aliphatic carbocycles. The van der Waals surface area contributed by atoms with Crippen LogP contribution in [-0.2, 0) is 5.75 Å². The van der Waals surface area contributed by atoms with Gasteiger partial charge in [-0.25, -0.2) is 0 Å². The van der Waals surface area contributed by atoms with E-state index in [1.165, 1.54) is 17.3 Å². The lowest BCUT2D eigenvalue weighted by Crippen LogP contribution is -1.90. The van der Waals surface area contributed by atoms with Gasteiger partial charge in [-0.2, -0.15) is 0 Å². The summed E-state index contributed by atoms with van der Waals surface area (Å²) in [4.78, 5) is 0. The van der Waals surface area contributed by atoms with Crippen LogP contribution < -0.4 is 9.47 Å². The first kappa shape index (κ1) is 15.4. The number of aromatic nitrogens is 2. The van der Waals surface area contributed by atoms with Crippen molar-refractivity contribution in [3.05, 3.63) is 54.1 Å². The number of rotatable bonds is 6. The molecule has 0 saturated carbocycles. The minimum Gasteiger partial charge on any atom is -0.497 e. The summed E-state index contributed by atoms with van der Waals surface area (Å²) < 4.78 is 16.3. The number of thioether (sulfide) groups is 1. The molecular weight excluding hydrogens is 312 g/mol. The highest BCUT2D eigenvalue weighted by molar-refractivity contribution is 7.98. The highest BCUT2D eigenvalue weighted by Gasteiger charge is 2.15. The first-order valence-corrected chi connectivity index (χ1v) is 8.01. The van der Waals surface area contributed by atoms with Gasteiger partial charge in [0.05, 0.1) is 19.8 Å². The summed E-state index contributed by atoms with van der Waals surface area (Å²) >= 11 is 1.50. The van der Waals surface area contributed by atoms with Gasteiger partial charge in [0.25, 0.3) is 11.1 Å². The van der Waals surface area contributed by atoms with Crippen LogP contribution in [0.4, 0.5) is 0 Å². The van der Waals surface area contributed by atoms with E-state index < -0.39 is 0 Å². The van der Waals surface area contributed by atoms with Crippen LogP contribution >= 0.6 is 11.8 Å². The van der Waals surface area contributed by atoms with Gasteiger partial charge in [-0.3, -0.25) is 0 Å². The number of methoxy groups -OCH3 is 2. The van der Waals surface area contributed by atoms with Crippen molar-refractivity contribution in [2.45, 2.75) is 11.0 Å². The quantitative estimate of drug-likeness (QED) is 0.636. The molecule has 23 heavy (non-hydrogen) atoms. The summed E-state index contributed by atoms with van der Waals surface area (Å²) in [5.41, 5.74) is 1.92. The molecule has 0 aliphatic rings. The minimum atomic E-state index is 0.413. The average molecular weight is 328 g/mol. The van der Waals surface area contributed by atoms with Gasteiger partial charge in [-0.05, 0) is 23.8 Å². The lowest BCUT2D eigenvalue weighted by Gasteiger charge is -2.07. The van der Waals surface area contributed by atoms with Crippen molar-refractivity contribution >= 4 is 11.8 Å². The Morgan fingerprint density at radius 1 is 1.00 bits per heavy atom. The third kappa shape index (κ3) is 3.65. The summed E-state index contributed by atoms with van der Waals surface area (Å²) in [6.07, 6.45) is 0. The maximum Gasteiger partial charge on any atom is 0.277 e. The van der Waals surface area contributed by atoms with Crippen molar-refractivity contribution in [1.82, 2.24) is 10.2 Å². The smallest absolute Gasteiger partial charge is 0.277 e. The predicted molar refractivity (Wildman–Crippen MR) is 88.8 cm³/mol. The van der Waals surface area contributed by atoms with Crippen LogP contribution in [-0.4, -0.2) is 24.4 Å². The normalized spacial score (nSPS) is 10.5. The highest BCUT2D eigenvalue weighted by Crippen LogP contribution is 2.34. The molecule has 0 spiro atoms. The summed E-state index contributed by atoms with van der Waals surface area (Å²) in [5, 5.41) is 8.72. The van der Waals surface area contributed by atoms with Gasteiger partial charge in [0, 0.05) is 5.75 Å². The molecule has 0 atom stereocenters. The lowest BCUT2D eigenvalue weighted by molar-refractivity contribution is 0.401. The molecule has 1 heterocycles. The molecule has 0 amide bonds. The fourth-order valence-electron chi connectivity index (χ4n) is 2.08. The Labute approximate surface area is 138 Å². The Kier molecular flexibility index (Phi) is 4.83. The van der Waals surface area contributed by atoms with Crippen molar-refractivity contribution in [3.8, 4) is 23.0 Å². The third-order valence-electron chi connectivity index (χ3n) is 3.25. The van der Waals surface area contributed by atoms with Crippen LogP contribution in [0.2, 0.25) is 0 Å². The fourth-order valence-corrected chi connectivity index (χ4v) is 2.80. The molecule has 3 rings (SSSR count). The topological polar surface area (TPSA) is 57.4 Å². The zero-order valence-electron chi connectivity index (χ0n) is 12.9. The van der Waals surface area contributed by atoms with Crippen LogP contribution in [0.5, 0.6) is 11.5 Å². The summed E-state index contributed by atoms with van der Waals surface area (Å²) in [5.74, 6) is 2.56. The standard InChI is InChI=1S/C17H16N2O3S/c1-20-13-8-9-15(21-2)14(10-13)16-18-19-17(22-16)23-11-12-6-4-3-5-7-12/h3-10H,11H2,1-2H3. The molecule has 0 bridgehead atoms. The van der Waals surface area contributed by atoms with Crippen LogP contribution in [0.1, 0.15) is 5.56 Å². The first-order valence-electron chi connectivity index (χ1n) is 7.03. The molecule has 0 saturated heterocycles. The molecule has 0 fully saturated rings. The van der Waals surface area contributed by atoms with E-state index in [9.17, 15) is 0 Å². The van der Waals surface area contributed by atoms with Gasteiger partial charge in [-0.15, -0.1) is 10.2 Å². The molecule has 118 valence electrons. The maximum absolute atomic E-state index is 5.74. The first-order chi connectivity index (χ1) is 11.3. The number of hydrogen-bond acceptors (Lipinski definition) is 6. The molecule has 0 N–H and O–H groups in total. The van der Waals surface area contributed by atoms with Gasteiger partial charge in [-0.1, -0.05) is 42.1 Å². The largest absolute Gasteiger partial charge is 0.497 e. The van der Waals surface area contributed by atoms with E-state index in [2.05, 4.69) is 22.3 Å². The summed E-state index contributed by atoms with van der Waals surface area (Å²) in [7, 11) is 3.22.